The fraction of sp³-hybridized carbons (Fsp3) is 0.467. The highest BCUT2D eigenvalue weighted by molar-refractivity contribution is 5.94. The first-order valence-electron chi connectivity index (χ1n) is 7.02. The van der Waals surface area contributed by atoms with Crippen LogP contribution in [0.4, 0.5) is 5.69 Å². The van der Waals surface area contributed by atoms with Crippen LogP contribution in [-0.2, 0) is 9.59 Å². The SMILES string of the molecule is CCOc1cc(NC(=O)C2CCC(=O)NC2)ccc1OC. The lowest BCUT2D eigenvalue weighted by atomic mass is 9.98. The Hall–Kier alpha value is -2.24. The average Bonchev–Trinajstić information content (AvgIpc) is 2.48. The normalized spacial score (nSPS) is 17.8. The lowest BCUT2D eigenvalue weighted by Gasteiger charge is -2.21. The third-order valence-corrected chi connectivity index (χ3v) is 3.37. The van der Waals surface area contributed by atoms with E-state index in [9.17, 15) is 9.59 Å². The minimum Gasteiger partial charge on any atom is -0.493 e. The van der Waals surface area contributed by atoms with Gasteiger partial charge in [0.25, 0.3) is 0 Å². The number of rotatable bonds is 5. The van der Waals surface area contributed by atoms with Crippen molar-refractivity contribution in [2.24, 2.45) is 5.92 Å². The summed E-state index contributed by atoms with van der Waals surface area (Å²) in [7, 11) is 1.57. The molecule has 1 saturated heterocycles. The Morgan fingerprint density at radius 3 is 2.86 bits per heavy atom. The summed E-state index contributed by atoms with van der Waals surface area (Å²) in [5.41, 5.74) is 0.654. The highest BCUT2D eigenvalue weighted by Gasteiger charge is 2.24. The van der Waals surface area contributed by atoms with Crippen LogP contribution in [0.5, 0.6) is 11.5 Å². The van der Waals surface area contributed by atoms with Crippen LogP contribution in [0.15, 0.2) is 18.2 Å². The fourth-order valence-electron chi connectivity index (χ4n) is 2.22. The lowest BCUT2D eigenvalue weighted by Crippen LogP contribution is -2.40. The Labute approximate surface area is 123 Å². The minimum absolute atomic E-state index is 0.00197. The smallest absolute Gasteiger partial charge is 0.229 e. The van der Waals surface area contributed by atoms with Crippen LogP contribution in [0.2, 0.25) is 0 Å². The van der Waals surface area contributed by atoms with Gasteiger partial charge in [0.05, 0.1) is 19.6 Å². The maximum absolute atomic E-state index is 12.2. The molecule has 2 amide bonds. The van der Waals surface area contributed by atoms with E-state index in [0.29, 0.717) is 43.2 Å². The van der Waals surface area contributed by atoms with E-state index >= 15 is 0 Å². The van der Waals surface area contributed by atoms with Crippen molar-refractivity contribution in [1.29, 1.82) is 0 Å². The van der Waals surface area contributed by atoms with Gasteiger partial charge < -0.3 is 20.1 Å². The molecule has 114 valence electrons. The number of carbonyl (C=O) groups excluding carboxylic acids is 2. The predicted octanol–water partition coefficient (Wildman–Crippen LogP) is 1.56. The van der Waals surface area contributed by atoms with Gasteiger partial charge in [0, 0.05) is 24.7 Å². The first kappa shape index (κ1) is 15.2. The monoisotopic (exact) mass is 292 g/mol. The Morgan fingerprint density at radius 1 is 1.43 bits per heavy atom. The van der Waals surface area contributed by atoms with Crippen molar-refractivity contribution in [3.8, 4) is 11.5 Å². The summed E-state index contributed by atoms with van der Waals surface area (Å²) in [6.07, 6.45) is 0.969. The van der Waals surface area contributed by atoms with Crippen molar-refractivity contribution < 1.29 is 19.1 Å². The molecule has 1 aromatic rings. The number of benzene rings is 1. The van der Waals surface area contributed by atoms with Crippen molar-refractivity contribution in [3.05, 3.63) is 18.2 Å². The molecule has 2 rings (SSSR count). The number of ether oxygens (including phenoxy) is 2. The quantitative estimate of drug-likeness (QED) is 0.863. The molecular formula is C15H20N2O4. The minimum atomic E-state index is -0.194. The Balaban J connectivity index is 2.03. The van der Waals surface area contributed by atoms with Crippen LogP contribution in [0.3, 0.4) is 0 Å². The van der Waals surface area contributed by atoms with E-state index in [4.69, 9.17) is 9.47 Å². The molecule has 1 heterocycles. The van der Waals surface area contributed by atoms with Gasteiger partial charge in [-0.25, -0.2) is 0 Å². The molecule has 2 N–H and O–H groups in total. The number of hydrogen-bond acceptors (Lipinski definition) is 4. The molecule has 1 unspecified atom stereocenters. The summed E-state index contributed by atoms with van der Waals surface area (Å²) < 4.78 is 10.7. The molecule has 6 nitrogen and oxygen atoms in total. The van der Waals surface area contributed by atoms with Gasteiger partial charge in [0.15, 0.2) is 11.5 Å². The maximum atomic E-state index is 12.2. The Bertz CT molecular complexity index is 520. The van der Waals surface area contributed by atoms with E-state index in [1.165, 1.54) is 0 Å². The van der Waals surface area contributed by atoms with Gasteiger partial charge in [0.2, 0.25) is 11.8 Å². The van der Waals surface area contributed by atoms with Crippen LogP contribution in [-0.4, -0.2) is 32.1 Å². The topological polar surface area (TPSA) is 76.7 Å². The van der Waals surface area contributed by atoms with E-state index in [1.807, 2.05) is 6.92 Å². The Morgan fingerprint density at radius 2 is 2.24 bits per heavy atom. The van der Waals surface area contributed by atoms with E-state index < -0.39 is 0 Å². The predicted molar refractivity (Wildman–Crippen MR) is 78.5 cm³/mol. The second-order valence-electron chi connectivity index (χ2n) is 4.83. The molecule has 0 aromatic heterocycles. The first-order chi connectivity index (χ1) is 10.1. The molecule has 1 aromatic carbocycles. The molecule has 1 atom stereocenters. The standard InChI is InChI=1S/C15H20N2O4/c1-3-21-13-8-11(5-6-12(13)20-2)17-15(19)10-4-7-14(18)16-9-10/h5-6,8,10H,3-4,7,9H2,1-2H3,(H,16,18)(H,17,19). The van der Waals surface area contributed by atoms with Gasteiger partial charge in [-0.15, -0.1) is 0 Å². The number of carbonyl (C=O) groups is 2. The van der Waals surface area contributed by atoms with E-state index in [2.05, 4.69) is 10.6 Å². The number of piperidine rings is 1. The van der Waals surface area contributed by atoms with Crippen LogP contribution >= 0.6 is 0 Å². The summed E-state index contributed by atoms with van der Waals surface area (Å²) in [5, 5.41) is 5.56. The molecule has 0 bridgehead atoms. The maximum Gasteiger partial charge on any atom is 0.229 e. The van der Waals surface area contributed by atoms with Crippen molar-refractivity contribution in [1.82, 2.24) is 5.32 Å². The zero-order valence-electron chi connectivity index (χ0n) is 12.3. The summed E-state index contributed by atoms with van der Waals surface area (Å²) >= 11 is 0. The average molecular weight is 292 g/mol. The third kappa shape index (κ3) is 3.87. The number of hydrogen-bond donors (Lipinski definition) is 2. The molecule has 1 aliphatic rings. The molecule has 0 aliphatic carbocycles. The van der Waals surface area contributed by atoms with E-state index in [0.717, 1.165) is 0 Å². The van der Waals surface area contributed by atoms with Crippen molar-refractivity contribution in [2.45, 2.75) is 19.8 Å². The van der Waals surface area contributed by atoms with Crippen molar-refractivity contribution in [2.75, 3.05) is 25.6 Å². The molecule has 0 radical (unpaired) electrons. The second-order valence-corrected chi connectivity index (χ2v) is 4.83. The van der Waals surface area contributed by atoms with Gasteiger partial charge in [-0.3, -0.25) is 9.59 Å². The molecule has 21 heavy (non-hydrogen) atoms. The molecule has 6 heteroatoms. The van der Waals surface area contributed by atoms with Gasteiger partial charge in [0.1, 0.15) is 0 Å². The molecule has 0 saturated carbocycles. The molecular weight excluding hydrogens is 272 g/mol. The number of anilines is 1. The molecule has 1 aliphatic heterocycles. The first-order valence-corrected chi connectivity index (χ1v) is 7.02. The summed E-state index contributed by atoms with van der Waals surface area (Å²) in [4.78, 5) is 23.3. The highest BCUT2D eigenvalue weighted by atomic mass is 16.5. The van der Waals surface area contributed by atoms with Crippen molar-refractivity contribution >= 4 is 17.5 Å². The van der Waals surface area contributed by atoms with Gasteiger partial charge in [-0.05, 0) is 25.5 Å². The van der Waals surface area contributed by atoms with Crippen LogP contribution in [0.25, 0.3) is 0 Å². The third-order valence-electron chi connectivity index (χ3n) is 3.37. The van der Waals surface area contributed by atoms with Crippen LogP contribution in [0, 0.1) is 5.92 Å². The number of amides is 2. The van der Waals surface area contributed by atoms with Gasteiger partial charge >= 0.3 is 0 Å². The zero-order chi connectivity index (χ0) is 15.2. The van der Waals surface area contributed by atoms with E-state index in [1.54, 1.807) is 25.3 Å². The Kier molecular flexibility index (Phi) is 5.03. The van der Waals surface area contributed by atoms with Crippen LogP contribution in [0.1, 0.15) is 19.8 Å². The van der Waals surface area contributed by atoms with Gasteiger partial charge in [-0.1, -0.05) is 0 Å². The van der Waals surface area contributed by atoms with Gasteiger partial charge in [-0.2, -0.15) is 0 Å². The summed E-state index contributed by atoms with van der Waals surface area (Å²) in [6.45, 7) is 2.79. The number of nitrogens with one attached hydrogen (secondary N) is 2. The second kappa shape index (κ2) is 6.97. The van der Waals surface area contributed by atoms with Crippen molar-refractivity contribution in [3.63, 3.8) is 0 Å². The number of methoxy groups -OCH3 is 1. The molecule has 1 fully saturated rings. The largest absolute Gasteiger partial charge is 0.493 e. The molecule has 0 spiro atoms. The van der Waals surface area contributed by atoms with E-state index in [-0.39, 0.29) is 17.7 Å². The van der Waals surface area contributed by atoms with Crippen LogP contribution < -0.4 is 20.1 Å². The highest BCUT2D eigenvalue weighted by Crippen LogP contribution is 2.30. The zero-order valence-corrected chi connectivity index (χ0v) is 12.3. The lowest BCUT2D eigenvalue weighted by molar-refractivity contribution is -0.126. The summed E-state index contributed by atoms with van der Waals surface area (Å²) in [6, 6.07) is 5.26. The summed E-state index contributed by atoms with van der Waals surface area (Å²) in [5.74, 6) is 0.930. The fourth-order valence-corrected chi connectivity index (χ4v) is 2.22.